The zero-order valence-electron chi connectivity index (χ0n) is 16.4. The van der Waals surface area contributed by atoms with Crippen LogP contribution >= 0.6 is 23.1 Å². The van der Waals surface area contributed by atoms with Gasteiger partial charge < -0.3 is 4.74 Å². The molecule has 0 radical (unpaired) electrons. The van der Waals surface area contributed by atoms with Crippen molar-refractivity contribution in [2.45, 2.75) is 18.2 Å². The van der Waals surface area contributed by atoms with Crippen LogP contribution in [0.25, 0.3) is 6.08 Å². The molecule has 0 saturated heterocycles. The lowest BCUT2D eigenvalue weighted by atomic mass is 10.2. The van der Waals surface area contributed by atoms with E-state index in [1.165, 1.54) is 16.9 Å². The second-order valence-corrected chi connectivity index (χ2v) is 8.93. The highest BCUT2D eigenvalue weighted by molar-refractivity contribution is 8.01. The van der Waals surface area contributed by atoms with Crippen LogP contribution < -0.4 is 10.1 Å². The van der Waals surface area contributed by atoms with Gasteiger partial charge in [-0.3, -0.25) is 10.1 Å². The summed E-state index contributed by atoms with van der Waals surface area (Å²) in [5.74, 6) is 1.79. The van der Waals surface area contributed by atoms with Crippen molar-refractivity contribution in [1.29, 1.82) is 0 Å². The molecule has 1 amide bonds. The fraction of sp³-hybridized carbons (Fsp3) is 0.227. The van der Waals surface area contributed by atoms with Crippen LogP contribution in [0.2, 0.25) is 0 Å². The minimum absolute atomic E-state index is 0.211. The van der Waals surface area contributed by atoms with Crippen molar-refractivity contribution in [2.75, 3.05) is 17.7 Å². The van der Waals surface area contributed by atoms with Crippen LogP contribution in [-0.2, 0) is 0 Å². The van der Waals surface area contributed by atoms with E-state index in [1.807, 2.05) is 18.2 Å². The van der Waals surface area contributed by atoms with E-state index in [0.29, 0.717) is 23.2 Å². The van der Waals surface area contributed by atoms with Gasteiger partial charge in [0, 0.05) is 11.3 Å². The molecule has 2 aromatic carbocycles. The van der Waals surface area contributed by atoms with Crippen molar-refractivity contribution in [3.8, 4) is 5.75 Å². The highest BCUT2D eigenvalue weighted by Gasteiger charge is 2.10. The van der Waals surface area contributed by atoms with Gasteiger partial charge in [-0.1, -0.05) is 79.4 Å². The minimum atomic E-state index is -0.211. The molecule has 1 N–H and O–H groups in total. The van der Waals surface area contributed by atoms with E-state index in [0.717, 1.165) is 15.8 Å². The van der Waals surface area contributed by atoms with E-state index in [4.69, 9.17) is 4.74 Å². The van der Waals surface area contributed by atoms with Crippen molar-refractivity contribution in [2.24, 2.45) is 5.92 Å². The summed E-state index contributed by atoms with van der Waals surface area (Å²) in [5, 5.41) is 11.5. The maximum atomic E-state index is 12.4. The molecule has 1 heterocycles. The predicted octanol–water partition coefficient (Wildman–Crippen LogP) is 5.63. The first-order valence-electron chi connectivity index (χ1n) is 9.32. The molecule has 1 aromatic heterocycles. The average molecular weight is 426 g/mol. The van der Waals surface area contributed by atoms with Crippen LogP contribution in [0.4, 0.5) is 5.13 Å². The summed E-state index contributed by atoms with van der Waals surface area (Å²) in [7, 11) is 0. The molecule has 3 rings (SSSR count). The van der Waals surface area contributed by atoms with Gasteiger partial charge >= 0.3 is 0 Å². The Balaban J connectivity index is 1.47. The van der Waals surface area contributed by atoms with Gasteiger partial charge in [0.2, 0.25) is 5.13 Å². The number of ether oxygens (including phenoxy) is 1. The SMILES string of the molecule is CC(C)COc1ccc(C(=O)Nc2nnc(SC/C=C/c3ccccc3)s2)cc1. The van der Waals surface area contributed by atoms with Crippen molar-refractivity contribution < 1.29 is 9.53 Å². The number of carbonyl (C=O) groups excluding carboxylic acids is 1. The van der Waals surface area contributed by atoms with Crippen LogP contribution in [0.3, 0.4) is 0 Å². The number of hydrogen-bond donors (Lipinski definition) is 1. The van der Waals surface area contributed by atoms with Crippen LogP contribution in [-0.4, -0.2) is 28.5 Å². The number of hydrogen-bond acceptors (Lipinski definition) is 6. The Morgan fingerprint density at radius 1 is 1.14 bits per heavy atom. The molecule has 7 heteroatoms. The van der Waals surface area contributed by atoms with Gasteiger partial charge in [-0.15, -0.1) is 10.2 Å². The fourth-order valence-electron chi connectivity index (χ4n) is 2.32. The number of anilines is 1. The molecule has 0 aliphatic rings. The number of nitrogens with zero attached hydrogens (tertiary/aromatic N) is 2. The van der Waals surface area contributed by atoms with E-state index in [-0.39, 0.29) is 5.91 Å². The standard InChI is InChI=1S/C22H23N3O2S2/c1-16(2)15-27-19-12-10-18(11-13-19)20(26)23-21-24-25-22(29-21)28-14-6-9-17-7-4-3-5-8-17/h3-13,16H,14-15H2,1-2H3,(H,23,24,26)/b9-6+. The van der Waals surface area contributed by atoms with Crippen LogP contribution in [0.15, 0.2) is 65.0 Å². The van der Waals surface area contributed by atoms with Gasteiger partial charge in [0.25, 0.3) is 5.91 Å². The Kier molecular flexibility index (Phi) is 7.84. The average Bonchev–Trinajstić information content (AvgIpc) is 3.18. The number of amides is 1. The Bertz CT molecular complexity index is 938. The molecule has 5 nitrogen and oxygen atoms in total. The predicted molar refractivity (Wildman–Crippen MR) is 121 cm³/mol. The van der Waals surface area contributed by atoms with Gasteiger partial charge in [0.05, 0.1) is 6.61 Å². The van der Waals surface area contributed by atoms with E-state index in [9.17, 15) is 4.79 Å². The summed E-state index contributed by atoms with van der Waals surface area (Å²) < 4.78 is 6.45. The van der Waals surface area contributed by atoms with Gasteiger partial charge in [-0.25, -0.2) is 0 Å². The first kappa shape index (κ1) is 21.1. The lowest BCUT2D eigenvalue weighted by Crippen LogP contribution is -2.11. The summed E-state index contributed by atoms with van der Waals surface area (Å²) in [6.07, 6.45) is 4.16. The molecule has 150 valence electrons. The number of nitrogens with one attached hydrogen (secondary N) is 1. The second kappa shape index (κ2) is 10.8. The third-order valence-corrected chi connectivity index (χ3v) is 5.66. The normalized spacial score (nSPS) is 11.1. The number of rotatable bonds is 9. The maximum absolute atomic E-state index is 12.4. The minimum Gasteiger partial charge on any atom is -0.493 e. The van der Waals surface area contributed by atoms with Crippen LogP contribution in [0.5, 0.6) is 5.75 Å². The first-order chi connectivity index (χ1) is 14.1. The number of carbonyl (C=O) groups is 1. The molecular formula is C22H23N3O2S2. The Hall–Kier alpha value is -2.64. The van der Waals surface area contributed by atoms with Crippen LogP contribution in [0, 0.1) is 5.92 Å². The molecule has 3 aromatic rings. The molecule has 29 heavy (non-hydrogen) atoms. The highest BCUT2D eigenvalue weighted by Crippen LogP contribution is 2.26. The number of benzene rings is 2. The van der Waals surface area contributed by atoms with Crippen molar-refractivity contribution >= 4 is 40.2 Å². The largest absolute Gasteiger partial charge is 0.493 e. The van der Waals surface area contributed by atoms with E-state index < -0.39 is 0 Å². The monoisotopic (exact) mass is 425 g/mol. The third-order valence-electron chi connectivity index (χ3n) is 3.74. The Labute approximate surface area is 179 Å². The first-order valence-corrected chi connectivity index (χ1v) is 11.1. The lowest BCUT2D eigenvalue weighted by Gasteiger charge is -2.09. The molecule has 0 aliphatic carbocycles. The molecule has 0 unspecified atom stereocenters. The topological polar surface area (TPSA) is 64.1 Å². The molecule has 0 aliphatic heterocycles. The van der Waals surface area contributed by atoms with Crippen molar-refractivity contribution in [1.82, 2.24) is 10.2 Å². The summed E-state index contributed by atoms with van der Waals surface area (Å²) in [6, 6.07) is 17.2. The Morgan fingerprint density at radius 2 is 1.90 bits per heavy atom. The molecule has 0 saturated carbocycles. The smallest absolute Gasteiger partial charge is 0.257 e. The maximum Gasteiger partial charge on any atom is 0.257 e. The summed E-state index contributed by atoms with van der Waals surface area (Å²) >= 11 is 2.95. The van der Waals surface area contributed by atoms with E-state index in [2.05, 4.69) is 53.6 Å². The highest BCUT2D eigenvalue weighted by atomic mass is 32.2. The molecule has 0 bridgehead atoms. The third kappa shape index (κ3) is 7.03. The molecule has 0 atom stereocenters. The molecule has 0 fully saturated rings. The summed E-state index contributed by atoms with van der Waals surface area (Å²) in [6.45, 7) is 4.84. The van der Waals surface area contributed by atoms with Gasteiger partial charge in [-0.05, 0) is 35.7 Å². The van der Waals surface area contributed by atoms with Gasteiger partial charge in [0.1, 0.15) is 5.75 Å². The number of thioether (sulfide) groups is 1. The number of aromatic nitrogens is 2. The van der Waals surface area contributed by atoms with E-state index >= 15 is 0 Å². The van der Waals surface area contributed by atoms with E-state index in [1.54, 1.807) is 36.0 Å². The summed E-state index contributed by atoms with van der Waals surface area (Å²) in [5.41, 5.74) is 1.72. The lowest BCUT2D eigenvalue weighted by molar-refractivity contribution is 0.102. The Morgan fingerprint density at radius 3 is 2.62 bits per heavy atom. The van der Waals surface area contributed by atoms with Crippen LogP contribution in [0.1, 0.15) is 29.8 Å². The molecular weight excluding hydrogens is 402 g/mol. The van der Waals surface area contributed by atoms with Crippen molar-refractivity contribution in [3.05, 3.63) is 71.8 Å². The second-order valence-electron chi connectivity index (χ2n) is 6.68. The van der Waals surface area contributed by atoms with Crippen molar-refractivity contribution in [3.63, 3.8) is 0 Å². The zero-order chi connectivity index (χ0) is 20.5. The zero-order valence-corrected chi connectivity index (χ0v) is 18.0. The summed E-state index contributed by atoms with van der Waals surface area (Å²) in [4.78, 5) is 12.4. The van der Waals surface area contributed by atoms with Gasteiger partial charge in [-0.2, -0.15) is 0 Å². The quantitative estimate of drug-likeness (QED) is 0.355. The molecule has 0 spiro atoms. The fourth-order valence-corrected chi connectivity index (χ4v) is 3.90. The van der Waals surface area contributed by atoms with Gasteiger partial charge in [0.15, 0.2) is 4.34 Å².